The molecule has 2 nitrogen and oxygen atoms in total. The molecule has 2 aromatic rings. The lowest BCUT2D eigenvalue weighted by molar-refractivity contribution is 0.373. The van der Waals surface area contributed by atoms with Crippen molar-refractivity contribution in [3.8, 4) is 0 Å². The standard InChI is InChI=1S/C15H13Br2ClN2/c16-13-4-2-1-3-12(13)9-5-10(6-9)20-11-7-14(17)15(18)19-8-11/h1-4,7-10,20H,5-6H2. The van der Waals surface area contributed by atoms with Crippen LogP contribution < -0.4 is 5.32 Å². The van der Waals surface area contributed by atoms with Gasteiger partial charge < -0.3 is 5.32 Å². The van der Waals surface area contributed by atoms with Gasteiger partial charge in [-0.25, -0.2) is 4.98 Å². The second kappa shape index (κ2) is 6.04. The summed E-state index contributed by atoms with van der Waals surface area (Å²) < 4.78 is 2.03. The molecule has 0 bridgehead atoms. The number of pyridine rings is 1. The molecule has 0 aliphatic heterocycles. The van der Waals surface area contributed by atoms with Crippen LogP contribution in [0.25, 0.3) is 0 Å². The molecule has 0 radical (unpaired) electrons. The Morgan fingerprint density at radius 3 is 2.60 bits per heavy atom. The molecule has 5 heteroatoms. The van der Waals surface area contributed by atoms with Gasteiger partial charge in [-0.2, -0.15) is 0 Å². The fourth-order valence-corrected chi connectivity index (χ4v) is 3.59. The Morgan fingerprint density at radius 2 is 1.90 bits per heavy atom. The van der Waals surface area contributed by atoms with Crippen LogP contribution in [0, 0.1) is 0 Å². The average Bonchev–Trinajstić information content (AvgIpc) is 2.39. The van der Waals surface area contributed by atoms with Crippen molar-refractivity contribution in [3.05, 3.63) is 56.2 Å². The van der Waals surface area contributed by atoms with E-state index in [1.54, 1.807) is 6.20 Å². The van der Waals surface area contributed by atoms with Crippen LogP contribution in [-0.2, 0) is 0 Å². The van der Waals surface area contributed by atoms with Crippen molar-refractivity contribution in [2.24, 2.45) is 0 Å². The van der Waals surface area contributed by atoms with Crippen LogP contribution in [-0.4, -0.2) is 11.0 Å². The van der Waals surface area contributed by atoms with Crippen LogP contribution in [0.4, 0.5) is 5.69 Å². The molecule has 104 valence electrons. The van der Waals surface area contributed by atoms with Crippen LogP contribution in [0.1, 0.15) is 24.3 Å². The summed E-state index contributed by atoms with van der Waals surface area (Å²) in [5.41, 5.74) is 2.41. The summed E-state index contributed by atoms with van der Waals surface area (Å²) in [6.07, 6.45) is 4.06. The maximum atomic E-state index is 5.89. The number of rotatable bonds is 3. The van der Waals surface area contributed by atoms with Crippen LogP contribution in [0.15, 0.2) is 45.5 Å². The smallest absolute Gasteiger partial charge is 0.143 e. The van der Waals surface area contributed by atoms with Gasteiger partial charge in [-0.1, -0.05) is 45.7 Å². The third-order valence-electron chi connectivity index (χ3n) is 3.65. The molecule has 1 aliphatic carbocycles. The third kappa shape index (κ3) is 3.02. The SMILES string of the molecule is Clc1ncc(NC2CC(c3ccccc3Br)C2)cc1Br. The van der Waals surface area contributed by atoms with Gasteiger partial charge in [0.15, 0.2) is 0 Å². The van der Waals surface area contributed by atoms with Gasteiger partial charge in [0.25, 0.3) is 0 Å². The lowest BCUT2D eigenvalue weighted by Crippen LogP contribution is -2.34. The van der Waals surface area contributed by atoms with Crippen molar-refractivity contribution in [3.63, 3.8) is 0 Å². The fraction of sp³-hybridized carbons (Fsp3) is 0.267. The highest BCUT2D eigenvalue weighted by Crippen LogP contribution is 2.41. The first kappa shape index (κ1) is 14.4. The van der Waals surface area contributed by atoms with Gasteiger partial charge in [-0.05, 0) is 52.4 Å². The van der Waals surface area contributed by atoms with E-state index in [0.29, 0.717) is 17.1 Å². The van der Waals surface area contributed by atoms with Crippen molar-refractivity contribution in [1.82, 2.24) is 4.98 Å². The first-order valence-electron chi connectivity index (χ1n) is 6.45. The van der Waals surface area contributed by atoms with E-state index in [1.807, 2.05) is 6.07 Å². The highest BCUT2D eigenvalue weighted by atomic mass is 79.9. The summed E-state index contributed by atoms with van der Waals surface area (Å²) in [6.45, 7) is 0. The molecule has 1 N–H and O–H groups in total. The Bertz CT molecular complexity index is 627. The van der Waals surface area contributed by atoms with E-state index in [2.05, 4.69) is 66.4 Å². The Balaban J connectivity index is 1.61. The van der Waals surface area contributed by atoms with Crippen molar-refractivity contribution in [2.75, 3.05) is 5.32 Å². The molecule has 0 saturated heterocycles. The van der Waals surface area contributed by atoms with E-state index in [1.165, 1.54) is 10.0 Å². The van der Waals surface area contributed by atoms with E-state index in [9.17, 15) is 0 Å². The third-order valence-corrected chi connectivity index (χ3v) is 5.51. The molecule has 1 fully saturated rings. The quantitative estimate of drug-likeness (QED) is 0.657. The number of nitrogens with zero attached hydrogens (tertiary/aromatic N) is 1. The number of hydrogen-bond acceptors (Lipinski definition) is 2. The van der Waals surface area contributed by atoms with Crippen LogP contribution in [0.5, 0.6) is 0 Å². The predicted molar refractivity (Wildman–Crippen MR) is 90.5 cm³/mol. The topological polar surface area (TPSA) is 24.9 Å². The minimum absolute atomic E-state index is 0.496. The predicted octanol–water partition coefficient (Wildman–Crippen LogP) is 5.62. The number of aromatic nitrogens is 1. The number of hydrogen-bond donors (Lipinski definition) is 1. The van der Waals surface area contributed by atoms with Crippen LogP contribution in [0.2, 0.25) is 5.15 Å². The first-order valence-corrected chi connectivity index (χ1v) is 8.42. The van der Waals surface area contributed by atoms with Gasteiger partial charge in [0.2, 0.25) is 0 Å². The van der Waals surface area contributed by atoms with E-state index >= 15 is 0 Å². The van der Waals surface area contributed by atoms with E-state index in [-0.39, 0.29) is 0 Å². The first-order chi connectivity index (χ1) is 9.63. The lowest BCUT2D eigenvalue weighted by Gasteiger charge is -2.37. The minimum atomic E-state index is 0.496. The van der Waals surface area contributed by atoms with Gasteiger partial charge in [0.1, 0.15) is 5.15 Å². The number of nitrogens with one attached hydrogen (secondary N) is 1. The van der Waals surface area contributed by atoms with Gasteiger partial charge in [0, 0.05) is 10.5 Å². The second-order valence-corrected chi connectivity index (χ2v) is 7.09. The molecular formula is C15H13Br2ClN2. The minimum Gasteiger partial charge on any atom is -0.381 e. The summed E-state index contributed by atoms with van der Waals surface area (Å²) in [6, 6.07) is 10.9. The van der Waals surface area contributed by atoms with Crippen LogP contribution >= 0.6 is 43.5 Å². The summed E-state index contributed by atoms with van der Waals surface area (Å²) in [5.74, 6) is 0.631. The average molecular weight is 417 g/mol. The maximum Gasteiger partial charge on any atom is 0.143 e. The van der Waals surface area contributed by atoms with Crippen molar-refractivity contribution in [1.29, 1.82) is 0 Å². The molecule has 1 heterocycles. The Labute approximate surface area is 140 Å². The molecule has 1 aromatic heterocycles. The largest absolute Gasteiger partial charge is 0.381 e. The zero-order valence-electron chi connectivity index (χ0n) is 10.6. The zero-order chi connectivity index (χ0) is 14.1. The van der Waals surface area contributed by atoms with Crippen molar-refractivity contribution in [2.45, 2.75) is 24.8 Å². The molecule has 0 unspecified atom stereocenters. The van der Waals surface area contributed by atoms with Gasteiger partial charge in [-0.15, -0.1) is 0 Å². The monoisotopic (exact) mass is 414 g/mol. The molecule has 3 rings (SSSR count). The Hall–Kier alpha value is -0.580. The normalized spacial score (nSPS) is 21.4. The fourth-order valence-electron chi connectivity index (χ4n) is 2.53. The lowest BCUT2D eigenvalue weighted by atomic mass is 9.76. The summed E-state index contributed by atoms with van der Waals surface area (Å²) in [7, 11) is 0. The van der Waals surface area contributed by atoms with Gasteiger partial charge in [-0.3, -0.25) is 0 Å². The number of halogens is 3. The Morgan fingerprint density at radius 1 is 1.15 bits per heavy atom. The summed E-state index contributed by atoms with van der Waals surface area (Å²) in [4.78, 5) is 4.13. The summed E-state index contributed by atoms with van der Waals surface area (Å²) >= 11 is 12.9. The Kier molecular flexibility index (Phi) is 4.34. The molecule has 0 spiro atoms. The second-order valence-electron chi connectivity index (χ2n) is 5.03. The maximum absolute atomic E-state index is 5.89. The van der Waals surface area contributed by atoms with Crippen LogP contribution in [0.3, 0.4) is 0 Å². The zero-order valence-corrected chi connectivity index (χ0v) is 14.5. The van der Waals surface area contributed by atoms with E-state index in [0.717, 1.165) is 23.0 Å². The van der Waals surface area contributed by atoms with Gasteiger partial charge in [0.05, 0.1) is 16.4 Å². The molecule has 0 atom stereocenters. The molecule has 20 heavy (non-hydrogen) atoms. The highest BCUT2D eigenvalue weighted by Gasteiger charge is 2.31. The van der Waals surface area contributed by atoms with E-state index in [4.69, 9.17) is 11.6 Å². The molecule has 1 aromatic carbocycles. The highest BCUT2D eigenvalue weighted by molar-refractivity contribution is 9.10. The van der Waals surface area contributed by atoms with Crippen molar-refractivity contribution >= 4 is 49.1 Å². The van der Waals surface area contributed by atoms with Crippen molar-refractivity contribution < 1.29 is 0 Å². The molecule has 1 saturated carbocycles. The molecule has 0 amide bonds. The number of anilines is 1. The van der Waals surface area contributed by atoms with Gasteiger partial charge >= 0.3 is 0 Å². The molecular weight excluding hydrogens is 403 g/mol. The van der Waals surface area contributed by atoms with E-state index < -0.39 is 0 Å². The number of benzene rings is 1. The summed E-state index contributed by atoms with van der Waals surface area (Å²) in [5, 5.41) is 3.99. The molecule has 1 aliphatic rings.